The van der Waals surface area contributed by atoms with E-state index in [1.54, 1.807) is 12.1 Å². The van der Waals surface area contributed by atoms with E-state index in [0.717, 1.165) is 18.4 Å². The lowest BCUT2D eigenvalue weighted by molar-refractivity contribution is 0.555. The quantitative estimate of drug-likeness (QED) is 0.185. The minimum absolute atomic E-state index is 0.138. The second-order valence-corrected chi connectivity index (χ2v) is 7.74. The molecular formula is C18H29N3O2S. The molecule has 0 aliphatic heterocycles. The maximum absolute atomic E-state index is 11.9. The van der Waals surface area contributed by atoms with E-state index in [1.807, 2.05) is 6.07 Å². The van der Waals surface area contributed by atoms with Crippen LogP contribution in [0.4, 0.5) is 0 Å². The summed E-state index contributed by atoms with van der Waals surface area (Å²) in [7, 11) is -3.90. The highest BCUT2D eigenvalue weighted by molar-refractivity contribution is 7.90. The first kappa shape index (κ1) is 20.5. The predicted molar refractivity (Wildman–Crippen MR) is 98.3 cm³/mol. The van der Waals surface area contributed by atoms with Gasteiger partial charge < -0.3 is 0 Å². The third-order valence-corrected chi connectivity index (χ3v) is 5.44. The molecule has 134 valence electrons. The van der Waals surface area contributed by atoms with Gasteiger partial charge in [-0.1, -0.05) is 82.9 Å². The van der Waals surface area contributed by atoms with Crippen molar-refractivity contribution >= 4 is 10.0 Å². The Balaban J connectivity index is 2.30. The van der Waals surface area contributed by atoms with Gasteiger partial charge in [0.25, 0.3) is 10.0 Å². The largest absolute Gasteiger partial charge is 0.264 e. The summed E-state index contributed by atoms with van der Waals surface area (Å²) in [6, 6.07) is 6.78. The van der Waals surface area contributed by atoms with Gasteiger partial charge in [-0.05, 0) is 30.0 Å². The average Bonchev–Trinajstić information content (AvgIpc) is 2.57. The van der Waals surface area contributed by atoms with Crippen LogP contribution in [0.2, 0.25) is 0 Å². The van der Waals surface area contributed by atoms with Crippen molar-refractivity contribution in [1.82, 2.24) is 0 Å². The maximum atomic E-state index is 11.9. The van der Waals surface area contributed by atoms with Crippen molar-refractivity contribution in [3.63, 3.8) is 0 Å². The molecule has 0 aliphatic carbocycles. The maximum Gasteiger partial charge on any atom is 0.264 e. The zero-order valence-corrected chi connectivity index (χ0v) is 15.5. The molecule has 0 atom stereocenters. The molecule has 24 heavy (non-hydrogen) atoms. The van der Waals surface area contributed by atoms with Gasteiger partial charge in [-0.3, -0.25) is 0 Å². The van der Waals surface area contributed by atoms with Crippen LogP contribution in [0.5, 0.6) is 0 Å². The zero-order valence-electron chi connectivity index (χ0n) is 14.7. The number of hydrogen-bond acceptors (Lipinski definition) is 2. The summed E-state index contributed by atoms with van der Waals surface area (Å²) in [5, 5.41) is 0. The van der Waals surface area contributed by atoms with Gasteiger partial charge in [0, 0.05) is 9.43 Å². The number of unbranched alkanes of at least 4 members (excludes halogenated alkanes) is 9. The number of rotatable bonds is 13. The van der Waals surface area contributed by atoms with Crippen molar-refractivity contribution in [2.24, 2.45) is 4.52 Å². The molecule has 6 heteroatoms. The molecule has 0 spiro atoms. The zero-order chi connectivity index (χ0) is 17.7. The van der Waals surface area contributed by atoms with Crippen molar-refractivity contribution in [2.45, 2.75) is 82.4 Å². The van der Waals surface area contributed by atoms with E-state index in [2.05, 4.69) is 16.4 Å². The fraction of sp³-hybridized carbons (Fsp3) is 0.667. The van der Waals surface area contributed by atoms with Crippen molar-refractivity contribution < 1.29 is 8.42 Å². The van der Waals surface area contributed by atoms with E-state index in [-0.39, 0.29) is 4.90 Å². The van der Waals surface area contributed by atoms with Crippen LogP contribution in [0.3, 0.4) is 0 Å². The van der Waals surface area contributed by atoms with Gasteiger partial charge in [-0.25, -0.2) is 8.42 Å². The average molecular weight is 352 g/mol. The van der Waals surface area contributed by atoms with Crippen LogP contribution >= 0.6 is 0 Å². The number of nitrogens with zero attached hydrogens (tertiary/aromatic N) is 3. The summed E-state index contributed by atoms with van der Waals surface area (Å²) in [5.41, 5.74) is 9.14. The first-order chi connectivity index (χ1) is 11.6. The van der Waals surface area contributed by atoms with Crippen molar-refractivity contribution in [3.05, 3.63) is 40.3 Å². The van der Waals surface area contributed by atoms with Gasteiger partial charge in [-0.15, -0.1) is 0 Å². The molecule has 0 aromatic heterocycles. The Labute approximate surface area is 146 Å². The van der Waals surface area contributed by atoms with Gasteiger partial charge in [0.2, 0.25) is 0 Å². The Kier molecular flexibility index (Phi) is 10.2. The third-order valence-electron chi connectivity index (χ3n) is 4.19. The lowest BCUT2D eigenvalue weighted by atomic mass is 10.0. The number of benzene rings is 1. The Bertz CT molecular complexity index is 623. The summed E-state index contributed by atoms with van der Waals surface area (Å²) >= 11 is 0. The fourth-order valence-electron chi connectivity index (χ4n) is 2.86. The van der Waals surface area contributed by atoms with Crippen LogP contribution in [0.25, 0.3) is 10.4 Å². The first-order valence-corrected chi connectivity index (χ1v) is 10.4. The highest BCUT2D eigenvalue weighted by Gasteiger charge is 2.15. The topological polar surface area (TPSA) is 82.9 Å². The van der Waals surface area contributed by atoms with Crippen molar-refractivity contribution in [3.8, 4) is 0 Å². The van der Waals surface area contributed by atoms with Gasteiger partial charge in [-0.2, -0.15) is 0 Å². The Morgan fingerprint density at radius 2 is 1.46 bits per heavy atom. The molecule has 0 fully saturated rings. The minimum Gasteiger partial charge on any atom is -0.216 e. The normalized spacial score (nSPS) is 11.2. The molecule has 0 N–H and O–H groups in total. The molecule has 0 saturated heterocycles. The molecule has 0 saturated carbocycles. The lowest BCUT2D eigenvalue weighted by Gasteiger charge is -2.07. The van der Waals surface area contributed by atoms with Gasteiger partial charge in [0.05, 0.1) is 4.90 Å². The smallest absolute Gasteiger partial charge is 0.216 e. The van der Waals surface area contributed by atoms with E-state index in [9.17, 15) is 8.42 Å². The summed E-state index contributed by atoms with van der Waals surface area (Å²) in [5.74, 6) is 0. The molecule has 1 aromatic rings. The summed E-state index contributed by atoms with van der Waals surface area (Å²) in [6.07, 6.45) is 13.2. The number of aryl methyl sites for hydroxylation is 1. The molecule has 0 aliphatic rings. The molecule has 0 heterocycles. The van der Waals surface area contributed by atoms with E-state index in [1.165, 1.54) is 57.4 Å². The summed E-state index contributed by atoms with van der Waals surface area (Å²) in [4.78, 5) is 2.56. The Hall–Kier alpha value is -1.52. The van der Waals surface area contributed by atoms with E-state index >= 15 is 0 Å². The third kappa shape index (κ3) is 7.84. The van der Waals surface area contributed by atoms with E-state index in [0.29, 0.717) is 6.42 Å². The molecule has 5 nitrogen and oxygen atoms in total. The Morgan fingerprint density at radius 3 is 2.04 bits per heavy atom. The van der Waals surface area contributed by atoms with Crippen LogP contribution in [0.15, 0.2) is 33.7 Å². The molecule has 1 rings (SSSR count). The SMILES string of the molecule is CCCCCCCCCCCCc1ccccc1S(=O)(=O)N=[N+]=[N-]. The van der Waals surface area contributed by atoms with Crippen LogP contribution in [0, 0.1) is 0 Å². The van der Waals surface area contributed by atoms with E-state index < -0.39 is 10.0 Å². The second-order valence-electron chi connectivity index (χ2n) is 6.19. The highest BCUT2D eigenvalue weighted by atomic mass is 32.2. The molecule has 0 radical (unpaired) electrons. The number of azide groups is 1. The summed E-state index contributed by atoms with van der Waals surface area (Å²) in [6.45, 7) is 2.23. The standard InChI is InChI=1S/C18H29N3O2S/c1-2-3-4-5-6-7-8-9-10-11-14-17-15-12-13-16-18(17)24(22,23)21-20-19/h12-13,15-16H,2-11,14H2,1H3. The predicted octanol–water partition coefficient (Wildman–Crippen LogP) is 6.15. The second kappa shape index (κ2) is 11.9. The minimum atomic E-state index is -3.90. The highest BCUT2D eigenvalue weighted by Crippen LogP contribution is 2.20. The number of hydrogen-bond donors (Lipinski definition) is 0. The van der Waals surface area contributed by atoms with Crippen molar-refractivity contribution in [1.29, 1.82) is 0 Å². The molecule has 0 bridgehead atoms. The lowest BCUT2D eigenvalue weighted by Crippen LogP contribution is -2.01. The monoisotopic (exact) mass is 351 g/mol. The molecular weight excluding hydrogens is 322 g/mol. The van der Waals surface area contributed by atoms with Crippen LogP contribution in [0.1, 0.15) is 76.7 Å². The Morgan fingerprint density at radius 1 is 0.917 bits per heavy atom. The van der Waals surface area contributed by atoms with Gasteiger partial charge in [0.15, 0.2) is 0 Å². The van der Waals surface area contributed by atoms with Crippen LogP contribution in [-0.2, 0) is 16.4 Å². The number of sulfonamides is 1. The molecule has 1 aromatic carbocycles. The first-order valence-electron chi connectivity index (χ1n) is 9.01. The molecule has 0 amide bonds. The van der Waals surface area contributed by atoms with Crippen LogP contribution in [-0.4, -0.2) is 8.42 Å². The van der Waals surface area contributed by atoms with Crippen LogP contribution < -0.4 is 0 Å². The van der Waals surface area contributed by atoms with E-state index in [4.69, 9.17) is 5.53 Å². The van der Waals surface area contributed by atoms with Gasteiger partial charge >= 0.3 is 0 Å². The molecule has 0 unspecified atom stereocenters. The van der Waals surface area contributed by atoms with Crippen molar-refractivity contribution in [2.75, 3.05) is 0 Å². The fourth-order valence-corrected chi connectivity index (χ4v) is 3.79. The van der Waals surface area contributed by atoms with Gasteiger partial charge in [0.1, 0.15) is 0 Å². The summed E-state index contributed by atoms with van der Waals surface area (Å²) < 4.78 is 26.8.